The van der Waals surface area contributed by atoms with Crippen LogP contribution in [0.15, 0.2) is 47.5 Å². The van der Waals surface area contributed by atoms with E-state index in [-0.39, 0.29) is 34.4 Å². The molecule has 4 aromatic rings. The van der Waals surface area contributed by atoms with Crippen molar-refractivity contribution in [2.24, 2.45) is 0 Å². The van der Waals surface area contributed by atoms with Gasteiger partial charge in [0.25, 0.3) is 5.56 Å². The number of hydrogen-bond donors (Lipinski definition) is 2. The molecule has 1 aromatic carbocycles. The summed E-state index contributed by atoms with van der Waals surface area (Å²) >= 11 is 6.06. The third kappa shape index (κ3) is 4.43. The Morgan fingerprint density at radius 1 is 1.27 bits per heavy atom. The average molecular weight is 574 g/mol. The van der Waals surface area contributed by atoms with Crippen LogP contribution in [-0.2, 0) is 27.9 Å². The fourth-order valence-electron chi connectivity index (χ4n) is 5.47. The van der Waals surface area contributed by atoms with Gasteiger partial charge in [-0.2, -0.15) is 22.7 Å². The van der Waals surface area contributed by atoms with Crippen LogP contribution in [0.2, 0.25) is 5.02 Å². The van der Waals surface area contributed by atoms with Crippen molar-refractivity contribution in [3.05, 3.63) is 74.9 Å². The Hall–Kier alpha value is -3.81. The normalized spacial score (nSPS) is 18.3. The Morgan fingerprint density at radius 2 is 2.05 bits per heavy atom. The summed E-state index contributed by atoms with van der Waals surface area (Å²) < 4.78 is 48.3. The van der Waals surface area contributed by atoms with E-state index >= 15 is 0 Å². The topological polar surface area (TPSA) is 115 Å². The van der Waals surface area contributed by atoms with Gasteiger partial charge in [-0.25, -0.2) is 0 Å². The number of piperidine rings is 1. The van der Waals surface area contributed by atoms with Crippen LogP contribution in [0.4, 0.5) is 18.9 Å². The molecule has 0 unspecified atom stereocenters. The van der Waals surface area contributed by atoms with Gasteiger partial charge in [-0.15, -0.1) is 5.10 Å². The Labute approximate surface area is 230 Å². The number of nitrogens with zero attached hydrogens (tertiary/aromatic N) is 5. The van der Waals surface area contributed by atoms with E-state index in [1.807, 2.05) is 6.92 Å². The molecule has 0 saturated carbocycles. The molecule has 1 amide bonds. The summed E-state index contributed by atoms with van der Waals surface area (Å²) in [7, 11) is 0. The summed E-state index contributed by atoms with van der Waals surface area (Å²) in [6.45, 7) is 2.78. The number of anilines is 1. The summed E-state index contributed by atoms with van der Waals surface area (Å²) in [4.78, 5) is 35.9. The van der Waals surface area contributed by atoms with Gasteiger partial charge in [0.05, 0.1) is 33.6 Å². The summed E-state index contributed by atoms with van der Waals surface area (Å²) in [5, 5.41) is 10.1. The van der Waals surface area contributed by atoms with Gasteiger partial charge < -0.3 is 19.9 Å². The van der Waals surface area contributed by atoms with Crippen LogP contribution in [0.5, 0.6) is 0 Å². The number of carbonyl (C=O) groups excluding carboxylic acids is 1. The van der Waals surface area contributed by atoms with Crippen molar-refractivity contribution < 1.29 is 22.7 Å². The van der Waals surface area contributed by atoms with Crippen LogP contribution in [0.1, 0.15) is 42.7 Å². The number of ether oxygens (including phenoxy) is 1. The lowest BCUT2D eigenvalue weighted by Crippen LogP contribution is -2.43. The zero-order valence-corrected chi connectivity index (χ0v) is 21.9. The fraction of sp³-hybridized carbons (Fsp3) is 0.346. The van der Waals surface area contributed by atoms with Crippen LogP contribution >= 0.6 is 11.6 Å². The molecule has 0 bridgehead atoms. The smallest absolute Gasteiger partial charge is 0.361 e. The fourth-order valence-corrected chi connectivity index (χ4v) is 5.70. The molecular formula is C26H23ClF3N7O3. The third-order valence-electron chi connectivity index (χ3n) is 7.23. The van der Waals surface area contributed by atoms with E-state index in [1.54, 1.807) is 29.1 Å². The number of amides is 1. The molecule has 10 nitrogen and oxygen atoms in total. The van der Waals surface area contributed by atoms with E-state index in [9.17, 15) is 22.8 Å². The quantitative estimate of drug-likeness (QED) is 0.380. The number of carbonyl (C=O) groups is 1. The highest BCUT2D eigenvalue weighted by atomic mass is 35.5. The van der Waals surface area contributed by atoms with Gasteiger partial charge in [0.15, 0.2) is 5.82 Å². The predicted molar refractivity (Wildman–Crippen MR) is 139 cm³/mol. The molecule has 0 radical (unpaired) electrons. The van der Waals surface area contributed by atoms with Crippen molar-refractivity contribution >= 4 is 29.0 Å². The molecule has 1 saturated heterocycles. The summed E-state index contributed by atoms with van der Waals surface area (Å²) in [5.74, 6) is -0.210. The van der Waals surface area contributed by atoms with E-state index < -0.39 is 29.4 Å². The van der Waals surface area contributed by atoms with Crippen LogP contribution < -0.4 is 16.2 Å². The molecule has 2 N–H and O–H groups in total. The Kier molecular flexibility index (Phi) is 6.39. The van der Waals surface area contributed by atoms with Crippen molar-refractivity contribution in [3.8, 4) is 11.4 Å². The van der Waals surface area contributed by atoms with Crippen molar-refractivity contribution in [1.82, 2.24) is 29.5 Å². The van der Waals surface area contributed by atoms with Gasteiger partial charge in [-0.3, -0.25) is 14.6 Å². The van der Waals surface area contributed by atoms with E-state index in [1.165, 1.54) is 4.52 Å². The summed E-state index contributed by atoms with van der Waals surface area (Å²) in [5.41, 5.74) is -0.610. The van der Waals surface area contributed by atoms with E-state index in [0.717, 1.165) is 18.2 Å². The van der Waals surface area contributed by atoms with Gasteiger partial charge in [-0.1, -0.05) is 11.6 Å². The molecular weight excluding hydrogens is 551 g/mol. The van der Waals surface area contributed by atoms with Gasteiger partial charge in [0.2, 0.25) is 11.7 Å². The maximum absolute atomic E-state index is 13.9. The Bertz CT molecular complexity index is 1680. The first kappa shape index (κ1) is 26.4. The van der Waals surface area contributed by atoms with Gasteiger partial charge in [0.1, 0.15) is 12.1 Å². The number of hydrogen-bond acceptors (Lipinski definition) is 7. The first-order chi connectivity index (χ1) is 19.1. The van der Waals surface area contributed by atoms with Gasteiger partial charge in [0, 0.05) is 18.0 Å². The monoisotopic (exact) mass is 573 g/mol. The van der Waals surface area contributed by atoms with Crippen molar-refractivity contribution in [1.29, 1.82) is 0 Å². The minimum atomic E-state index is -4.57. The average Bonchev–Trinajstić information content (AvgIpc) is 3.48. The minimum absolute atomic E-state index is 0.0185. The maximum Gasteiger partial charge on any atom is 0.416 e. The molecule has 40 heavy (non-hydrogen) atoms. The van der Waals surface area contributed by atoms with Crippen LogP contribution in [-0.4, -0.2) is 43.1 Å². The molecule has 1 fully saturated rings. The van der Waals surface area contributed by atoms with Crippen molar-refractivity contribution in [3.63, 3.8) is 0 Å². The lowest BCUT2D eigenvalue weighted by molar-refractivity contribution is -0.137. The van der Waals surface area contributed by atoms with Gasteiger partial charge >= 0.3 is 6.18 Å². The largest absolute Gasteiger partial charge is 0.416 e. The standard InChI is InChI=1S/C26H23ClF3N7O3/c1-14-21-20(25(40-14)6-9-31-10-7-25)23(39)37-24(34-22(35-37)15-3-2-8-32-12-15)36(21)13-19(38)33-18-5-4-16(11-17(18)27)26(28,29)30/h2-5,8,11-12,14,31H,6-7,9-10,13H2,1H3,(H,33,38)/t14-/m1/s1. The second-order valence-electron chi connectivity index (χ2n) is 9.79. The van der Waals surface area contributed by atoms with E-state index in [4.69, 9.17) is 16.3 Å². The highest BCUT2D eigenvalue weighted by molar-refractivity contribution is 6.33. The Balaban J connectivity index is 1.46. The highest BCUT2D eigenvalue weighted by Gasteiger charge is 2.49. The first-order valence-corrected chi connectivity index (χ1v) is 12.9. The van der Waals surface area contributed by atoms with Crippen molar-refractivity contribution in [2.45, 2.75) is 44.2 Å². The lowest BCUT2D eigenvalue weighted by atomic mass is 9.86. The maximum atomic E-state index is 13.9. The summed E-state index contributed by atoms with van der Waals surface area (Å²) in [6.07, 6.45) is -0.827. The molecule has 6 rings (SSSR count). The molecule has 208 valence electrons. The Morgan fingerprint density at radius 3 is 2.73 bits per heavy atom. The number of fused-ring (bicyclic) bond motifs is 3. The number of benzene rings is 1. The second kappa shape index (κ2) is 9.68. The number of aromatic nitrogens is 5. The zero-order valence-electron chi connectivity index (χ0n) is 21.1. The number of rotatable bonds is 4. The third-order valence-corrected chi connectivity index (χ3v) is 7.54. The molecule has 2 aliphatic rings. The zero-order chi connectivity index (χ0) is 28.2. The minimum Gasteiger partial charge on any atom is -0.361 e. The predicted octanol–water partition coefficient (Wildman–Crippen LogP) is 3.93. The molecule has 2 aliphatic heterocycles. The molecule has 5 heterocycles. The lowest BCUT2D eigenvalue weighted by Gasteiger charge is -2.33. The van der Waals surface area contributed by atoms with E-state index in [0.29, 0.717) is 42.8 Å². The van der Waals surface area contributed by atoms with Crippen molar-refractivity contribution in [2.75, 3.05) is 18.4 Å². The molecule has 3 aromatic heterocycles. The molecule has 1 spiro atoms. The number of pyridine rings is 1. The SMILES string of the molecule is C[C@H]1OC2(CCNCC2)c2c1n(CC(=O)Nc1ccc(C(F)(F)F)cc1Cl)c1nc(-c3cccnc3)nn1c2=O. The van der Waals surface area contributed by atoms with Gasteiger partial charge in [-0.05, 0) is 63.2 Å². The number of halogens is 4. The highest BCUT2D eigenvalue weighted by Crippen LogP contribution is 2.47. The van der Waals surface area contributed by atoms with Crippen LogP contribution in [0, 0.1) is 0 Å². The number of alkyl halides is 3. The van der Waals surface area contributed by atoms with Crippen LogP contribution in [0.25, 0.3) is 17.2 Å². The van der Waals surface area contributed by atoms with E-state index in [2.05, 4.69) is 25.7 Å². The summed E-state index contributed by atoms with van der Waals surface area (Å²) in [6, 6.07) is 6.16. The molecule has 14 heteroatoms. The van der Waals surface area contributed by atoms with Crippen LogP contribution in [0.3, 0.4) is 0 Å². The molecule has 0 aliphatic carbocycles. The number of nitrogens with one attached hydrogen (secondary N) is 2. The molecule has 1 atom stereocenters. The first-order valence-electron chi connectivity index (χ1n) is 12.6. The second-order valence-corrected chi connectivity index (χ2v) is 10.2.